The van der Waals surface area contributed by atoms with Gasteiger partial charge in [0, 0.05) is 0 Å². The number of nitrogens with zero attached hydrogens (tertiary/aromatic N) is 2. The van der Waals surface area contributed by atoms with Crippen LogP contribution in [0.5, 0.6) is 0 Å². The summed E-state index contributed by atoms with van der Waals surface area (Å²) in [5.41, 5.74) is 0.952. The van der Waals surface area contributed by atoms with E-state index in [1.807, 2.05) is 37.3 Å². The highest BCUT2D eigenvalue weighted by molar-refractivity contribution is 7.08. The van der Waals surface area contributed by atoms with Gasteiger partial charge in [-0.2, -0.15) is 5.10 Å². The third kappa shape index (κ3) is 1.61. The zero-order valence-electron chi connectivity index (χ0n) is 7.90. The van der Waals surface area contributed by atoms with E-state index in [0.29, 0.717) is 4.80 Å². The first-order valence-corrected chi connectivity index (χ1v) is 5.32. The molecule has 72 valence electrons. The lowest BCUT2D eigenvalue weighted by Crippen LogP contribution is -2.12. The Balaban J connectivity index is 2.52. The number of hydrogen-bond acceptors (Lipinski definition) is 3. The topological polar surface area (TPSA) is 41.7 Å². The van der Waals surface area contributed by atoms with Crippen molar-refractivity contribution in [2.75, 3.05) is 0 Å². The van der Waals surface area contributed by atoms with Crippen LogP contribution in [0.25, 0.3) is 5.69 Å². The molecule has 0 saturated heterocycles. The third-order valence-corrected chi connectivity index (χ3v) is 2.89. The normalized spacial score (nSPS) is 10.4. The molecule has 0 amide bonds. The molecule has 0 saturated carbocycles. The van der Waals surface area contributed by atoms with E-state index in [1.165, 1.54) is 11.3 Å². The van der Waals surface area contributed by atoms with Crippen LogP contribution in [0.4, 0.5) is 0 Å². The van der Waals surface area contributed by atoms with Crippen LogP contribution in [0.1, 0.15) is 11.9 Å². The first-order chi connectivity index (χ1) is 6.81. The van der Waals surface area contributed by atoms with E-state index in [1.54, 1.807) is 4.68 Å². The Labute approximate surface area is 86.2 Å². The molecule has 1 aromatic carbocycles. The largest absolute Gasteiger partial charge is 0.273 e. The number of hydrogen-bond donors (Lipinski definition) is 1. The quantitative estimate of drug-likeness (QED) is 0.800. The van der Waals surface area contributed by atoms with Gasteiger partial charge in [0.15, 0.2) is 0 Å². The number of nitrogens with one attached hydrogen (secondary N) is 1. The summed E-state index contributed by atoms with van der Waals surface area (Å²) in [4.78, 5) is 0.480. The maximum absolute atomic E-state index is 7.75. The van der Waals surface area contributed by atoms with Crippen LogP contribution in [0.2, 0.25) is 0 Å². The molecule has 0 atom stereocenters. The van der Waals surface area contributed by atoms with Gasteiger partial charge in [-0.25, -0.2) is 4.68 Å². The summed E-state index contributed by atoms with van der Waals surface area (Å²) in [6, 6.07) is 9.77. The monoisotopic (exact) mass is 205 g/mol. The molecule has 0 radical (unpaired) electrons. The molecule has 2 aromatic rings. The van der Waals surface area contributed by atoms with Gasteiger partial charge in [0.1, 0.15) is 5.01 Å². The van der Waals surface area contributed by atoms with Crippen molar-refractivity contribution in [2.24, 2.45) is 0 Å². The fourth-order valence-corrected chi connectivity index (χ4v) is 1.94. The summed E-state index contributed by atoms with van der Waals surface area (Å²) >= 11 is 1.43. The number of aromatic nitrogens is 2. The van der Waals surface area contributed by atoms with E-state index < -0.39 is 0 Å². The average molecular weight is 205 g/mol. The summed E-state index contributed by atoms with van der Waals surface area (Å²) in [5, 5.41) is 13.1. The second kappa shape index (κ2) is 3.75. The molecule has 4 heteroatoms. The van der Waals surface area contributed by atoms with Crippen LogP contribution in [0.15, 0.2) is 30.3 Å². The van der Waals surface area contributed by atoms with E-state index in [9.17, 15) is 0 Å². The van der Waals surface area contributed by atoms with Crippen molar-refractivity contribution in [1.29, 1.82) is 5.41 Å². The van der Waals surface area contributed by atoms with Gasteiger partial charge in [0.05, 0.1) is 5.69 Å². The number of aryl methyl sites for hydroxylation is 1. The van der Waals surface area contributed by atoms with Gasteiger partial charge < -0.3 is 0 Å². The van der Waals surface area contributed by atoms with E-state index in [0.717, 1.165) is 17.1 Å². The molecule has 1 heterocycles. The molecule has 0 aliphatic carbocycles. The maximum Gasteiger partial charge on any atom is 0.205 e. The van der Waals surface area contributed by atoms with E-state index in [4.69, 9.17) is 5.41 Å². The fourth-order valence-electron chi connectivity index (χ4n) is 1.22. The fraction of sp³-hybridized carbons (Fsp3) is 0.200. The summed E-state index contributed by atoms with van der Waals surface area (Å²) in [6.07, 6.45) is 0.885. The lowest BCUT2D eigenvalue weighted by atomic mass is 10.3. The van der Waals surface area contributed by atoms with Crippen LogP contribution < -0.4 is 4.80 Å². The van der Waals surface area contributed by atoms with E-state index in [2.05, 4.69) is 5.10 Å². The lowest BCUT2D eigenvalue weighted by Gasteiger charge is -1.98. The second-order valence-corrected chi connectivity index (χ2v) is 3.96. The van der Waals surface area contributed by atoms with Gasteiger partial charge in [-0.1, -0.05) is 36.5 Å². The Morgan fingerprint density at radius 2 is 2.07 bits per heavy atom. The Morgan fingerprint density at radius 1 is 1.36 bits per heavy atom. The van der Waals surface area contributed by atoms with Crippen molar-refractivity contribution in [3.05, 3.63) is 40.1 Å². The van der Waals surface area contributed by atoms with E-state index >= 15 is 0 Å². The van der Waals surface area contributed by atoms with Crippen LogP contribution in [-0.2, 0) is 6.42 Å². The molecule has 1 N–H and O–H groups in total. The summed E-state index contributed by atoms with van der Waals surface area (Å²) in [7, 11) is 0. The third-order valence-electron chi connectivity index (χ3n) is 1.92. The minimum atomic E-state index is 0.480. The van der Waals surface area contributed by atoms with Gasteiger partial charge in [0.25, 0.3) is 0 Å². The zero-order chi connectivity index (χ0) is 9.97. The van der Waals surface area contributed by atoms with Gasteiger partial charge >= 0.3 is 0 Å². The standard InChI is InChI=1S/C10H11N3S/c1-2-9-12-13(10(11)14-9)8-6-4-3-5-7-8/h3-7,11H,2H2,1H3. The van der Waals surface area contributed by atoms with Gasteiger partial charge in [-0.05, 0) is 18.6 Å². The molecule has 0 bridgehead atoms. The predicted octanol–water partition coefficient (Wildman–Crippen LogP) is 1.98. The van der Waals surface area contributed by atoms with Gasteiger partial charge in [0.2, 0.25) is 4.80 Å². The Morgan fingerprint density at radius 3 is 2.64 bits per heavy atom. The first-order valence-electron chi connectivity index (χ1n) is 4.50. The van der Waals surface area contributed by atoms with Crippen molar-refractivity contribution in [3.63, 3.8) is 0 Å². The predicted molar refractivity (Wildman–Crippen MR) is 56.7 cm³/mol. The summed E-state index contributed by atoms with van der Waals surface area (Å²) in [6.45, 7) is 2.05. The van der Waals surface area contributed by atoms with Crippen LogP contribution in [0.3, 0.4) is 0 Å². The number of benzene rings is 1. The molecule has 0 fully saturated rings. The highest BCUT2D eigenvalue weighted by atomic mass is 32.1. The smallest absolute Gasteiger partial charge is 0.205 e. The van der Waals surface area contributed by atoms with Crippen LogP contribution in [0, 0.1) is 5.41 Å². The highest BCUT2D eigenvalue weighted by Crippen LogP contribution is 2.06. The van der Waals surface area contributed by atoms with Crippen molar-refractivity contribution in [2.45, 2.75) is 13.3 Å². The second-order valence-electron chi connectivity index (χ2n) is 2.90. The van der Waals surface area contributed by atoms with Crippen molar-refractivity contribution in [3.8, 4) is 5.69 Å². The molecule has 14 heavy (non-hydrogen) atoms. The SMILES string of the molecule is CCc1nn(-c2ccccc2)c(=N)s1. The molecular formula is C10H11N3S. The van der Waals surface area contributed by atoms with Gasteiger partial charge in [-0.15, -0.1) is 0 Å². The highest BCUT2D eigenvalue weighted by Gasteiger charge is 2.02. The molecule has 0 spiro atoms. The average Bonchev–Trinajstić information content (AvgIpc) is 2.61. The van der Waals surface area contributed by atoms with Crippen LogP contribution in [-0.4, -0.2) is 9.78 Å². The molecular weight excluding hydrogens is 194 g/mol. The molecule has 0 unspecified atom stereocenters. The molecule has 2 rings (SSSR count). The molecule has 0 aliphatic rings. The van der Waals surface area contributed by atoms with Crippen molar-refractivity contribution in [1.82, 2.24) is 9.78 Å². The Bertz CT molecular complexity index is 470. The first kappa shape index (κ1) is 9.15. The minimum Gasteiger partial charge on any atom is -0.273 e. The van der Waals surface area contributed by atoms with Crippen molar-refractivity contribution < 1.29 is 0 Å². The van der Waals surface area contributed by atoms with E-state index in [-0.39, 0.29) is 0 Å². The number of rotatable bonds is 2. The molecule has 1 aromatic heterocycles. The Hall–Kier alpha value is -1.42. The summed E-state index contributed by atoms with van der Waals surface area (Å²) < 4.78 is 1.67. The molecule has 0 aliphatic heterocycles. The minimum absolute atomic E-state index is 0.480. The van der Waals surface area contributed by atoms with Gasteiger partial charge in [-0.3, -0.25) is 5.41 Å². The van der Waals surface area contributed by atoms with Crippen LogP contribution >= 0.6 is 11.3 Å². The Kier molecular flexibility index (Phi) is 2.45. The number of para-hydroxylation sites is 1. The zero-order valence-corrected chi connectivity index (χ0v) is 8.71. The van der Waals surface area contributed by atoms with Crippen molar-refractivity contribution >= 4 is 11.3 Å². The molecule has 3 nitrogen and oxygen atoms in total. The maximum atomic E-state index is 7.75. The lowest BCUT2D eigenvalue weighted by molar-refractivity contribution is 0.796. The summed E-state index contributed by atoms with van der Waals surface area (Å²) in [5.74, 6) is 0.